The van der Waals surface area contributed by atoms with Gasteiger partial charge in [-0.15, -0.1) is 0 Å². The molecule has 0 aliphatic heterocycles. The topological polar surface area (TPSA) is 0 Å². The second kappa shape index (κ2) is 11.7. The lowest BCUT2D eigenvalue weighted by molar-refractivity contribution is 0.639. The van der Waals surface area contributed by atoms with Crippen molar-refractivity contribution in [2.45, 2.75) is 77.0 Å². The maximum absolute atomic E-state index is 2.60. The van der Waals surface area contributed by atoms with Crippen LogP contribution >= 0.6 is 0 Å². The van der Waals surface area contributed by atoms with Gasteiger partial charge in [0.05, 0.1) is 0 Å². The third-order valence-corrected chi connectivity index (χ3v) is 16.3. The van der Waals surface area contributed by atoms with Gasteiger partial charge in [0.15, 0.2) is 0 Å². The van der Waals surface area contributed by atoms with Crippen molar-refractivity contribution in [3.63, 3.8) is 0 Å². The van der Waals surface area contributed by atoms with E-state index in [-0.39, 0.29) is 21.7 Å². The SMILES string of the molecule is CC1(C)c2ccccc2-c2ccc(-c3ccc4c(c3)C(C)(C)c3cc5c(cc3-4)-c3c(cc(-c4ccc6c(c4)C(C)(C)c4ccccc4-6)c4ccc6ccccc6c34)C5(C)C)cc21. The van der Waals surface area contributed by atoms with Crippen LogP contribution in [0.15, 0.2) is 158 Å². The minimum atomic E-state index is -0.198. The Bertz CT molecular complexity index is 3510. The summed E-state index contributed by atoms with van der Waals surface area (Å²) in [6, 6.07) is 61.2. The van der Waals surface area contributed by atoms with Crippen molar-refractivity contribution in [2.75, 3.05) is 0 Å². The Morgan fingerprint density at radius 1 is 0.258 bits per heavy atom. The fraction of sp³-hybridized carbons (Fsp3) is 0.194. The van der Waals surface area contributed by atoms with Gasteiger partial charge in [-0.3, -0.25) is 0 Å². The molecule has 4 aliphatic carbocycles. The molecular formula is C62H50. The van der Waals surface area contributed by atoms with E-state index in [9.17, 15) is 0 Å². The van der Waals surface area contributed by atoms with E-state index in [1.165, 1.54) is 133 Å². The third kappa shape index (κ3) is 4.43. The van der Waals surface area contributed by atoms with E-state index in [0.717, 1.165) is 0 Å². The number of hydrogen-bond acceptors (Lipinski definition) is 0. The molecule has 62 heavy (non-hydrogen) atoms. The van der Waals surface area contributed by atoms with E-state index in [1.54, 1.807) is 0 Å². The zero-order valence-electron chi connectivity index (χ0n) is 37.0. The molecule has 298 valence electrons. The van der Waals surface area contributed by atoms with Crippen molar-refractivity contribution in [3.8, 4) is 66.8 Å². The number of hydrogen-bond donors (Lipinski definition) is 0. The first kappa shape index (κ1) is 36.2. The highest BCUT2D eigenvalue weighted by atomic mass is 14.5. The van der Waals surface area contributed by atoms with Crippen molar-refractivity contribution in [2.24, 2.45) is 0 Å². The van der Waals surface area contributed by atoms with Gasteiger partial charge in [0, 0.05) is 21.7 Å². The molecule has 0 unspecified atom stereocenters. The van der Waals surface area contributed by atoms with E-state index >= 15 is 0 Å². The van der Waals surface area contributed by atoms with Crippen LogP contribution in [0.5, 0.6) is 0 Å². The summed E-state index contributed by atoms with van der Waals surface area (Å²) in [7, 11) is 0. The normalized spacial score (nSPS) is 16.9. The van der Waals surface area contributed by atoms with Crippen LogP contribution in [0, 0.1) is 0 Å². The lowest BCUT2D eigenvalue weighted by Crippen LogP contribution is -2.19. The van der Waals surface area contributed by atoms with Crippen molar-refractivity contribution >= 4 is 21.5 Å². The predicted octanol–water partition coefficient (Wildman–Crippen LogP) is 16.6. The molecule has 4 aliphatic rings. The third-order valence-electron chi connectivity index (χ3n) is 16.3. The average molecular weight is 795 g/mol. The summed E-state index contributed by atoms with van der Waals surface area (Å²) in [5, 5.41) is 5.31. The van der Waals surface area contributed by atoms with Crippen LogP contribution in [-0.4, -0.2) is 0 Å². The number of rotatable bonds is 2. The summed E-state index contributed by atoms with van der Waals surface area (Å²) in [5.74, 6) is 0. The number of fused-ring (bicyclic) bond motifs is 16. The van der Waals surface area contributed by atoms with Gasteiger partial charge in [-0.2, -0.15) is 0 Å². The summed E-state index contributed by atoms with van der Waals surface area (Å²) in [6.45, 7) is 19.4. The molecule has 9 aromatic carbocycles. The highest BCUT2D eigenvalue weighted by Gasteiger charge is 2.44. The summed E-state index contributed by atoms with van der Waals surface area (Å²) in [4.78, 5) is 0. The lowest BCUT2D eigenvalue weighted by Gasteiger charge is -2.26. The van der Waals surface area contributed by atoms with Gasteiger partial charge >= 0.3 is 0 Å². The molecule has 13 rings (SSSR count). The standard InChI is InChI=1S/C62H50/c1-59(2)49-19-13-11-17-40(49)42-25-22-36(29-51(42)59)37-23-26-44-47-32-48-55(34-54(47)61(5,6)52(44)30-37)62(7,8)56-33-46(45-28-21-35-15-9-10-16-39(35)57(45)58(48)56)38-24-27-43-41-18-12-14-20-50(41)60(3,4)53(43)31-38/h9-34H,1-8H3. The quantitative estimate of drug-likeness (QED) is 0.153. The molecule has 0 N–H and O–H groups in total. The summed E-state index contributed by atoms with van der Waals surface area (Å²) in [6.07, 6.45) is 0. The zero-order chi connectivity index (χ0) is 42.2. The van der Waals surface area contributed by atoms with Crippen LogP contribution in [-0.2, 0) is 21.7 Å². The minimum Gasteiger partial charge on any atom is -0.0619 e. The van der Waals surface area contributed by atoms with Crippen molar-refractivity contribution in [3.05, 3.63) is 202 Å². The molecule has 9 aromatic rings. The molecule has 0 fully saturated rings. The molecule has 0 heterocycles. The summed E-state index contributed by atoms with van der Waals surface area (Å²) < 4.78 is 0. The van der Waals surface area contributed by atoms with Crippen molar-refractivity contribution in [1.29, 1.82) is 0 Å². The van der Waals surface area contributed by atoms with Gasteiger partial charge in [0.2, 0.25) is 0 Å². The van der Waals surface area contributed by atoms with Gasteiger partial charge in [0.1, 0.15) is 0 Å². The lowest BCUT2D eigenvalue weighted by atomic mass is 9.76. The Morgan fingerprint density at radius 3 is 1.34 bits per heavy atom. The zero-order valence-corrected chi connectivity index (χ0v) is 37.0. The van der Waals surface area contributed by atoms with E-state index < -0.39 is 0 Å². The molecule has 0 saturated heterocycles. The van der Waals surface area contributed by atoms with E-state index in [1.807, 2.05) is 0 Å². The van der Waals surface area contributed by atoms with Gasteiger partial charge in [-0.1, -0.05) is 183 Å². The minimum absolute atomic E-state index is 0.0290. The summed E-state index contributed by atoms with van der Waals surface area (Å²) in [5.41, 5.74) is 27.2. The van der Waals surface area contributed by atoms with Gasteiger partial charge in [-0.05, 0) is 163 Å². The Kier molecular flexibility index (Phi) is 6.82. The molecule has 0 atom stereocenters. The highest BCUT2D eigenvalue weighted by molar-refractivity contribution is 6.20. The van der Waals surface area contributed by atoms with Crippen LogP contribution < -0.4 is 0 Å². The highest BCUT2D eigenvalue weighted by Crippen LogP contribution is 2.60. The van der Waals surface area contributed by atoms with E-state index in [0.29, 0.717) is 0 Å². The van der Waals surface area contributed by atoms with Gasteiger partial charge in [-0.25, -0.2) is 0 Å². The summed E-state index contributed by atoms with van der Waals surface area (Å²) >= 11 is 0. The fourth-order valence-electron chi connectivity index (χ4n) is 12.8. The Hall–Kier alpha value is -6.50. The van der Waals surface area contributed by atoms with E-state index in [4.69, 9.17) is 0 Å². The molecule has 0 saturated carbocycles. The molecule has 0 amide bonds. The Labute approximate surface area is 365 Å². The maximum atomic E-state index is 2.60. The molecule has 0 radical (unpaired) electrons. The molecule has 0 bridgehead atoms. The predicted molar refractivity (Wildman–Crippen MR) is 263 cm³/mol. The average Bonchev–Trinajstić information content (AvgIpc) is 3.84. The monoisotopic (exact) mass is 794 g/mol. The molecular weight excluding hydrogens is 745 g/mol. The van der Waals surface area contributed by atoms with Crippen LogP contribution in [0.25, 0.3) is 88.3 Å². The fourth-order valence-corrected chi connectivity index (χ4v) is 12.8. The van der Waals surface area contributed by atoms with Crippen molar-refractivity contribution in [1.82, 2.24) is 0 Å². The van der Waals surface area contributed by atoms with Crippen LogP contribution in [0.2, 0.25) is 0 Å². The van der Waals surface area contributed by atoms with Crippen molar-refractivity contribution < 1.29 is 0 Å². The molecule has 0 nitrogen and oxygen atoms in total. The second-order valence-corrected chi connectivity index (χ2v) is 20.9. The molecule has 0 spiro atoms. The van der Waals surface area contributed by atoms with Crippen LogP contribution in [0.4, 0.5) is 0 Å². The van der Waals surface area contributed by atoms with E-state index in [2.05, 4.69) is 213 Å². The Balaban J connectivity index is 0.992. The van der Waals surface area contributed by atoms with Gasteiger partial charge < -0.3 is 0 Å². The molecule has 0 aromatic heterocycles. The van der Waals surface area contributed by atoms with Crippen LogP contribution in [0.1, 0.15) is 99.9 Å². The number of benzene rings is 9. The Morgan fingerprint density at radius 2 is 0.710 bits per heavy atom. The van der Waals surface area contributed by atoms with Crippen LogP contribution in [0.3, 0.4) is 0 Å². The first-order valence-corrected chi connectivity index (χ1v) is 22.6. The first-order chi connectivity index (χ1) is 29.8. The first-order valence-electron chi connectivity index (χ1n) is 22.6. The van der Waals surface area contributed by atoms with Gasteiger partial charge in [0.25, 0.3) is 0 Å². The largest absolute Gasteiger partial charge is 0.0619 e. The smallest absolute Gasteiger partial charge is 0.0159 e. The second-order valence-electron chi connectivity index (χ2n) is 20.9. The molecule has 0 heteroatoms. The maximum Gasteiger partial charge on any atom is 0.0159 e.